The summed E-state index contributed by atoms with van der Waals surface area (Å²) in [6, 6.07) is 3.85. The van der Waals surface area contributed by atoms with E-state index in [1.54, 1.807) is 0 Å². The Hall–Kier alpha value is -1.39. The number of likely N-dealkylation sites (N-methyl/N-ethyl adjacent to an activating group) is 1. The minimum atomic E-state index is -1.82. The first-order valence-corrected chi connectivity index (χ1v) is 10.5. The van der Waals surface area contributed by atoms with Crippen molar-refractivity contribution in [1.82, 2.24) is 9.80 Å². The Labute approximate surface area is 184 Å². The summed E-state index contributed by atoms with van der Waals surface area (Å²) in [7, 11) is 0. The number of carboxylic acid groups (broad SMARTS) is 2. The van der Waals surface area contributed by atoms with Crippen molar-refractivity contribution in [3.8, 4) is 5.75 Å². The molecular weight excluding hydrogens is 468 g/mol. The lowest BCUT2D eigenvalue weighted by Gasteiger charge is -2.33. The van der Waals surface area contributed by atoms with Crippen LogP contribution in [0.25, 0.3) is 0 Å². The summed E-state index contributed by atoms with van der Waals surface area (Å²) in [6.45, 7) is 12.8. The number of carbonyl (C=O) groups is 2. The topological polar surface area (TPSA) is 99.5 Å². The average Bonchev–Trinajstić information content (AvgIpc) is 2.67. The second kappa shape index (κ2) is 13.8. The van der Waals surface area contributed by atoms with Crippen molar-refractivity contribution in [2.45, 2.75) is 13.8 Å². The van der Waals surface area contributed by atoms with Gasteiger partial charge < -0.3 is 24.6 Å². The molecule has 0 atom stereocenters. The highest BCUT2D eigenvalue weighted by molar-refractivity contribution is 9.10. The van der Waals surface area contributed by atoms with Gasteiger partial charge in [0, 0.05) is 37.2 Å². The molecule has 1 aliphatic heterocycles. The molecule has 1 heterocycles. The molecule has 1 saturated heterocycles. The summed E-state index contributed by atoms with van der Waals surface area (Å²) in [5, 5.41) is 15.4. The minimum Gasteiger partial charge on any atom is -0.489 e. The molecule has 2 rings (SSSR count). The van der Waals surface area contributed by atoms with Crippen LogP contribution in [0.3, 0.4) is 0 Å². The Kier molecular flexibility index (Phi) is 12.2. The molecule has 0 aromatic heterocycles. The highest BCUT2D eigenvalue weighted by Gasteiger charge is 2.14. The molecule has 8 nitrogen and oxygen atoms in total. The van der Waals surface area contributed by atoms with Crippen LogP contribution in [0.4, 0.5) is 0 Å². The summed E-state index contributed by atoms with van der Waals surface area (Å²) >= 11 is 9.62. The zero-order chi connectivity index (χ0) is 21.8. The molecule has 0 aliphatic carbocycles. The number of piperazine rings is 1. The summed E-state index contributed by atoms with van der Waals surface area (Å²) < 4.78 is 12.4. The molecule has 1 aromatic rings. The van der Waals surface area contributed by atoms with E-state index >= 15 is 0 Å². The largest absolute Gasteiger partial charge is 0.489 e. The van der Waals surface area contributed by atoms with E-state index in [9.17, 15) is 0 Å². The van der Waals surface area contributed by atoms with Crippen LogP contribution < -0.4 is 4.74 Å². The van der Waals surface area contributed by atoms with Crippen molar-refractivity contribution in [3.63, 3.8) is 0 Å². The number of carboxylic acids is 2. The maximum atomic E-state index is 9.10. The fraction of sp³-hybridized carbons (Fsp3) is 0.579. The Morgan fingerprint density at radius 3 is 2.17 bits per heavy atom. The van der Waals surface area contributed by atoms with Crippen LogP contribution in [0.2, 0.25) is 5.02 Å². The van der Waals surface area contributed by atoms with Gasteiger partial charge in [0.05, 0.1) is 18.2 Å². The van der Waals surface area contributed by atoms with Gasteiger partial charge in [-0.3, -0.25) is 4.90 Å². The fourth-order valence-electron chi connectivity index (χ4n) is 2.70. The van der Waals surface area contributed by atoms with E-state index in [2.05, 4.69) is 32.7 Å². The van der Waals surface area contributed by atoms with Gasteiger partial charge in [-0.2, -0.15) is 0 Å². The summed E-state index contributed by atoms with van der Waals surface area (Å²) in [4.78, 5) is 23.1. The maximum absolute atomic E-state index is 9.10. The van der Waals surface area contributed by atoms with Crippen LogP contribution in [0.5, 0.6) is 5.75 Å². The van der Waals surface area contributed by atoms with Crippen LogP contribution in [-0.4, -0.2) is 91.0 Å². The monoisotopic (exact) mass is 494 g/mol. The van der Waals surface area contributed by atoms with Gasteiger partial charge in [-0.05, 0) is 31.2 Å². The highest BCUT2D eigenvalue weighted by atomic mass is 79.9. The molecule has 0 spiro atoms. The molecule has 29 heavy (non-hydrogen) atoms. The van der Waals surface area contributed by atoms with Gasteiger partial charge in [0.1, 0.15) is 12.4 Å². The number of hydrogen-bond donors (Lipinski definition) is 2. The minimum absolute atomic E-state index is 0.520. The summed E-state index contributed by atoms with van der Waals surface area (Å²) in [5.74, 6) is -2.90. The van der Waals surface area contributed by atoms with Gasteiger partial charge in [0.15, 0.2) is 0 Å². The van der Waals surface area contributed by atoms with Crippen molar-refractivity contribution in [3.05, 3.63) is 27.2 Å². The van der Waals surface area contributed by atoms with Crippen LogP contribution >= 0.6 is 27.5 Å². The van der Waals surface area contributed by atoms with Crippen LogP contribution in [0.15, 0.2) is 16.6 Å². The molecule has 0 amide bonds. The maximum Gasteiger partial charge on any atom is 0.414 e. The van der Waals surface area contributed by atoms with E-state index in [1.165, 1.54) is 13.1 Å². The molecular formula is C19H28BrClN2O6. The SMILES string of the molecule is CCN1CCN(CCOCCOc2c(C)cc(Br)cc2Cl)CC1.O=C(O)C(=O)O. The molecule has 0 saturated carbocycles. The molecule has 10 heteroatoms. The van der Waals surface area contributed by atoms with Crippen molar-refractivity contribution in [2.75, 3.05) is 59.1 Å². The van der Waals surface area contributed by atoms with E-state index in [0.29, 0.717) is 18.2 Å². The number of ether oxygens (including phenoxy) is 2. The van der Waals surface area contributed by atoms with Crippen LogP contribution in [0, 0.1) is 6.92 Å². The van der Waals surface area contributed by atoms with Gasteiger partial charge >= 0.3 is 11.9 Å². The van der Waals surface area contributed by atoms with Crippen molar-refractivity contribution >= 4 is 39.5 Å². The third kappa shape index (κ3) is 10.3. The molecule has 1 fully saturated rings. The van der Waals surface area contributed by atoms with Gasteiger partial charge in [-0.15, -0.1) is 0 Å². The Morgan fingerprint density at radius 1 is 1.07 bits per heavy atom. The number of benzene rings is 1. The number of aliphatic carboxylic acids is 2. The highest BCUT2D eigenvalue weighted by Crippen LogP contribution is 2.31. The van der Waals surface area contributed by atoms with Crippen LogP contribution in [-0.2, 0) is 14.3 Å². The average molecular weight is 496 g/mol. The molecule has 0 unspecified atom stereocenters. The second-order valence-corrected chi connectivity index (χ2v) is 7.70. The van der Waals surface area contributed by atoms with E-state index in [0.717, 1.165) is 48.6 Å². The lowest BCUT2D eigenvalue weighted by molar-refractivity contribution is -0.159. The first-order chi connectivity index (χ1) is 13.7. The lowest BCUT2D eigenvalue weighted by Crippen LogP contribution is -2.47. The van der Waals surface area contributed by atoms with E-state index in [1.807, 2.05) is 19.1 Å². The van der Waals surface area contributed by atoms with Gasteiger partial charge in [-0.25, -0.2) is 9.59 Å². The summed E-state index contributed by atoms with van der Waals surface area (Å²) in [5.41, 5.74) is 1.03. The van der Waals surface area contributed by atoms with Crippen molar-refractivity contribution in [2.24, 2.45) is 0 Å². The Bertz CT molecular complexity index is 633. The van der Waals surface area contributed by atoms with Gasteiger partial charge in [0.25, 0.3) is 0 Å². The van der Waals surface area contributed by atoms with E-state index in [4.69, 9.17) is 40.9 Å². The normalized spacial score (nSPS) is 14.8. The molecule has 0 radical (unpaired) electrons. The van der Waals surface area contributed by atoms with Gasteiger partial charge in [-0.1, -0.05) is 34.5 Å². The third-order valence-corrected chi connectivity index (χ3v) is 5.05. The number of nitrogens with zero attached hydrogens (tertiary/aromatic N) is 2. The zero-order valence-electron chi connectivity index (χ0n) is 16.7. The van der Waals surface area contributed by atoms with Crippen LogP contribution in [0.1, 0.15) is 12.5 Å². The lowest BCUT2D eigenvalue weighted by atomic mass is 10.2. The molecule has 2 N–H and O–H groups in total. The van der Waals surface area contributed by atoms with Gasteiger partial charge in [0.2, 0.25) is 0 Å². The van der Waals surface area contributed by atoms with Crippen molar-refractivity contribution in [1.29, 1.82) is 0 Å². The molecule has 0 bridgehead atoms. The quantitative estimate of drug-likeness (QED) is 0.419. The Morgan fingerprint density at radius 2 is 1.66 bits per heavy atom. The van der Waals surface area contributed by atoms with E-state index in [-0.39, 0.29) is 0 Å². The number of halogens is 2. The Balaban J connectivity index is 0.000000612. The fourth-order valence-corrected chi connectivity index (χ4v) is 3.72. The molecule has 1 aromatic carbocycles. The first kappa shape index (κ1) is 25.6. The van der Waals surface area contributed by atoms with E-state index < -0.39 is 11.9 Å². The number of rotatable bonds is 8. The summed E-state index contributed by atoms with van der Waals surface area (Å²) in [6.07, 6.45) is 0. The zero-order valence-corrected chi connectivity index (χ0v) is 19.0. The molecule has 1 aliphatic rings. The predicted octanol–water partition coefficient (Wildman–Crippen LogP) is 2.60. The number of hydrogen-bond acceptors (Lipinski definition) is 6. The molecule has 164 valence electrons. The second-order valence-electron chi connectivity index (χ2n) is 6.38. The predicted molar refractivity (Wildman–Crippen MR) is 114 cm³/mol. The third-order valence-electron chi connectivity index (χ3n) is 4.32. The van der Waals surface area contributed by atoms with Crippen molar-refractivity contribution < 1.29 is 29.3 Å². The standard InChI is InChI=1S/C17H26BrClN2O2.C2H2O4/c1-3-20-4-6-21(7-5-20)8-9-22-10-11-23-17-14(2)12-15(18)13-16(17)19;3-1(4)2(5)6/h12-13H,3-11H2,1-2H3;(H,3,4)(H,5,6). The number of aryl methyl sites for hydroxylation is 1. The smallest absolute Gasteiger partial charge is 0.414 e. The first-order valence-electron chi connectivity index (χ1n) is 9.31.